The van der Waals surface area contributed by atoms with Crippen molar-refractivity contribution in [3.63, 3.8) is 0 Å². The van der Waals surface area contributed by atoms with E-state index in [4.69, 9.17) is 17.0 Å². The molecule has 1 saturated heterocycles. The first-order chi connectivity index (χ1) is 10.7. The zero-order valence-corrected chi connectivity index (χ0v) is 14.5. The third-order valence-electron chi connectivity index (χ3n) is 4.01. The minimum absolute atomic E-state index is 0.813. The molecule has 1 aromatic carbocycles. The molecule has 5 heteroatoms. The Morgan fingerprint density at radius 3 is 2.50 bits per heavy atom. The summed E-state index contributed by atoms with van der Waals surface area (Å²) in [5, 5.41) is 4.16. The van der Waals surface area contributed by atoms with E-state index in [0.717, 1.165) is 57.5 Å². The van der Waals surface area contributed by atoms with Gasteiger partial charge in [-0.15, -0.1) is 0 Å². The van der Waals surface area contributed by atoms with E-state index in [9.17, 15) is 0 Å². The smallest absolute Gasteiger partial charge is 0.169 e. The zero-order chi connectivity index (χ0) is 15.8. The summed E-state index contributed by atoms with van der Waals surface area (Å²) >= 11 is 5.46. The topological polar surface area (TPSA) is 27.7 Å². The number of nitrogens with one attached hydrogen (secondary N) is 1. The van der Waals surface area contributed by atoms with Crippen LogP contribution in [0.25, 0.3) is 0 Å². The van der Waals surface area contributed by atoms with Crippen LogP contribution >= 0.6 is 12.2 Å². The molecule has 22 heavy (non-hydrogen) atoms. The molecule has 1 heterocycles. The summed E-state index contributed by atoms with van der Waals surface area (Å²) in [5.74, 6) is 0. The molecule has 0 unspecified atom stereocenters. The molecule has 0 spiro atoms. The van der Waals surface area contributed by atoms with E-state index in [1.807, 2.05) is 7.05 Å². The largest absolute Gasteiger partial charge is 0.379 e. The Hall–Kier alpha value is -1.17. The average Bonchev–Trinajstić information content (AvgIpc) is 2.56. The molecule has 0 bridgehead atoms. The maximum absolute atomic E-state index is 5.46. The molecule has 4 nitrogen and oxygen atoms in total. The SMILES string of the molecule is CCc1ccc(CN(C)C(=S)NCCN2CCOCC2)cc1. The van der Waals surface area contributed by atoms with Crippen LogP contribution in [-0.4, -0.2) is 61.4 Å². The van der Waals surface area contributed by atoms with Gasteiger partial charge >= 0.3 is 0 Å². The van der Waals surface area contributed by atoms with E-state index >= 15 is 0 Å². The highest BCUT2D eigenvalue weighted by molar-refractivity contribution is 7.80. The number of morpholine rings is 1. The molecule has 1 aliphatic rings. The molecule has 1 aliphatic heterocycles. The van der Waals surface area contributed by atoms with E-state index in [-0.39, 0.29) is 0 Å². The molecule has 1 fully saturated rings. The summed E-state index contributed by atoms with van der Waals surface area (Å²) in [6.07, 6.45) is 1.08. The predicted octanol–water partition coefficient (Wildman–Crippen LogP) is 1.89. The van der Waals surface area contributed by atoms with Crippen molar-refractivity contribution in [3.8, 4) is 0 Å². The lowest BCUT2D eigenvalue weighted by molar-refractivity contribution is 0.0389. The van der Waals surface area contributed by atoms with Crippen LogP contribution in [0.4, 0.5) is 0 Å². The van der Waals surface area contributed by atoms with Crippen LogP contribution in [0.15, 0.2) is 24.3 Å². The van der Waals surface area contributed by atoms with Gasteiger partial charge in [0, 0.05) is 39.8 Å². The Balaban J connectivity index is 1.69. The van der Waals surface area contributed by atoms with Gasteiger partial charge in [-0.2, -0.15) is 0 Å². The maximum atomic E-state index is 5.46. The second kappa shape index (κ2) is 9.08. The van der Waals surface area contributed by atoms with Crippen molar-refractivity contribution in [1.82, 2.24) is 15.1 Å². The van der Waals surface area contributed by atoms with Gasteiger partial charge < -0.3 is 15.0 Å². The van der Waals surface area contributed by atoms with Crippen LogP contribution in [-0.2, 0) is 17.7 Å². The van der Waals surface area contributed by atoms with Gasteiger partial charge in [0.25, 0.3) is 0 Å². The number of aryl methyl sites for hydroxylation is 1. The van der Waals surface area contributed by atoms with E-state index in [0.29, 0.717) is 0 Å². The molecule has 0 aliphatic carbocycles. The molecule has 0 radical (unpaired) electrons. The fraction of sp³-hybridized carbons (Fsp3) is 0.588. The van der Waals surface area contributed by atoms with Gasteiger partial charge in [-0.25, -0.2) is 0 Å². The lowest BCUT2D eigenvalue weighted by Gasteiger charge is -2.27. The van der Waals surface area contributed by atoms with Crippen LogP contribution in [0, 0.1) is 0 Å². The van der Waals surface area contributed by atoms with E-state index in [2.05, 4.69) is 46.3 Å². The Labute approximate surface area is 139 Å². The quantitative estimate of drug-likeness (QED) is 0.808. The number of rotatable bonds is 6. The molecule has 0 aromatic heterocycles. The highest BCUT2D eigenvalue weighted by Crippen LogP contribution is 2.07. The minimum atomic E-state index is 0.813. The second-order valence-electron chi connectivity index (χ2n) is 5.71. The molecule has 0 saturated carbocycles. The van der Waals surface area contributed by atoms with Crippen LogP contribution in [0.2, 0.25) is 0 Å². The Kier molecular flexibility index (Phi) is 7.09. The molecule has 0 atom stereocenters. The van der Waals surface area contributed by atoms with Crippen molar-refractivity contribution in [3.05, 3.63) is 35.4 Å². The summed E-state index contributed by atoms with van der Waals surface area (Å²) < 4.78 is 5.35. The van der Waals surface area contributed by atoms with E-state index in [1.165, 1.54) is 11.1 Å². The van der Waals surface area contributed by atoms with Crippen LogP contribution in [0.3, 0.4) is 0 Å². The lowest BCUT2D eigenvalue weighted by Crippen LogP contribution is -2.43. The number of ether oxygens (including phenoxy) is 1. The first-order valence-electron chi connectivity index (χ1n) is 8.06. The summed E-state index contributed by atoms with van der Waals surface area (Å²) in [6, 6.07) is 8.76. The Bertz CT molecular complexity index is 457. The van der Waals surface area contributed by atoms with Crippen LogP contribution in [0.1, 0.15) is 18.1 Å². The van der Waals surface area contributed by atoms with Gasteiger partial charge in [-0.05, 0) is 29.8 Å². The van der Waals surface area contributed by atoms with Crippen molar-refractivity contribution in [2.24, 2.45) is 0 Å². The monoisotopic (exact) mass is 321 g/mol. The van der Waals surface area contributed by atoms with Gasteiger partial charge in [-0.1, -0.05) is 31.2 Å². The van der Waals surface area contributed by atoms with Crippen molar-refractivity contribution in [2.75, 3.05) is 46.4 Å². The van der Waals surface area contributed by atoms with Crippen LogP contribution < -0.4 is 5.32 Å². The molecule has 1 aromatic rings. The van der Waals surface area contributed by atoms with Gasteiger partial charge in [0.2, 0.25) is 0 Å². The van der Waals surface area contributed by atoms with Crippen molar-refractivity contribution >= 4 is 17.3 Å². The predicted molar refractivity (Wildman–Crippen MR) is 95.1 cm³/mol. The van der Waals surface area contributed by atoms with E-state index < -0.39 is 0 Å². The highest BCUT2D eigenvalue weighted by atomic mass is 32.1. The second-order valence-corrected chi connectivity index (χ2v) is 6.10. The minimum Gasteiger partial charge on any atom is -0.379 e. The fourth-order valence-corrected chi connectivity index (χ4v) is 2.67. The van der Waals surface area contributed by atoms with Gasteiger partial charge in [-0.3, -0.25) is 4.90 Å². The number of hydrogen-bond donors (Lipinski definition) is 1. The number of benzene rings is 1. The number of nitrogens with zero attached hydrogens (tertiary/aromatic N) is 2. The van der Waals surface area contributed by atoms with Crippen molar-refractivity contribution in [1.29, 1.82) is 0 Å². The normalized spacial score (nSPS) is 15.5. The standard InChI is InChI=1S/C17H27N3OS/c1-3-15-4-6-16(7-5-15)14-19(2)17(22)18-8-9-20-10-12-21-13-11-20/h4-7H,3,8-14H2,1-2H3,(H,18,22). The highest BCUT2D eigenvalue weighted by Gasteiger charge is 2.10. The van der Waals surface area contributed by atoms with Gasteiger partial charge in [0.05, 0.1) is 13.2 Å². The summed E-state index contributed by atoms with van der Waals surface area (Å²) in [7, 11) is 2.04. The fourth-order valence-electron chi connectivity index (χ4n) is 2.51. The van der Waals surface area contributed by atoms with Crippen molar-refractivity contribution in [2.45, 2.75) is 19.9 Å². The van der Waals surface area contributed by atoms with E-state index in [1.54, 1.807) is 0 Å². The molecule has 2 rings (SSSR count). The average molecular weight is 321 g/mol. The number of hydrogen-bond acceptors (Lipinski definition) is 3. The molecule has 122 valence electrons. The summed E-state index contributed by atoms with van der Waals surface area (Å²) in [5.41, 5.74) is 2.66. The molecular formula is C17H27N3OS. The maximum Gasteiger partial charge on any atom is 0.169 e. The first kappa shape index (κ1) is 17.2. The third kappa shape index (κ3) is 5.55. The van der Waals surface area contributed by atoms with Gasteiger partial charge in [0.1, 0.15) is 0 Å². The first-order valence-corrected chi connectivity index (χ1v) is 8.46. The van der Waals surface area contributed by atoms with Crippen molar-refractivity contribution < 1.29 is 4.74 Å². The van der Waals surface area contributed by atoms with Crippen LogP contribution in [0.5, 0.6) is 0 Å². The molecular weight excluding hydrogens is 294 g/mol. The zero-order valence-electron chi connectivity index (χ0n) is 13.7. The summed E-state index contributed by atoms with van der Waals surface area (Å²) in [4.78, 5) is 4.50. The Morgan fingerprint density at radius 1 is 1.23 bits per heavy atom. The lowest BCUT2D eigenvalue weighted by atomic mass is 10.1. The third-order valence-corrected chi connectivity index (χ3v) is 4.46. The van der Waals surface area contributed by atoms with Gasteiger partial charge in [0.15, 0.2) is 5.11 Å². The number of thiocarbonyl (C=S) groups is 1. The Morgan fingerprint density at radius 2 is 1.86 bits per heavy atom. The molecule has 0 amide bonds. The molecule has 1 N–H and O–H groups in total. The summed E-state index contributed by atoms with van der Waals surface area (Å²) in [6.45, 7) is 8.65.